The number of ketones is 1. The molecule has 0 fully saturated rings. The van der Waals surface area contributed by atoms with Crippen LogP contribution in [0.1, 0.15) is 10.4 Å². The maximum absolute atomic E-state index is 11.0. The van der Waals surface area contributed by atoms with Crippen molar-refractivity contribution in [2.24, 2.45) is 0 Å². The highest BCUT2D eigenvalue weighted by atomic mass is 16.5. The fourth-order valence-electron chi connectivity index (χ4n) is 1.06. The van der Waals surface area contributed by atoms with Gasteiger partial charge in [0.25, 0.3) is 0 Å². The molecule has 0 radical (unpaired) electrons. The van der Waals surface area contributed by atoms with E-state index in [1.165, 1.54) is 26.4 Å². The van der Waals surface area contributed by atoms with Crippen LogP contribution in [0.4, 0.5) is 0 Å². The lowest BCUT2D eigenvalue weighted by Gasteiger charge is -2.07. The van der Waals surface area contributed by atoms with Crippen molar-refractivity contribution >= 4 is 12.1 Å². The largest absolute Gasteiger partial charge is 0.493 e. The van der Waals surface area contributed by atoms with Crippen molar-refractivity contribution in [3.63, 3.8) is 0 Å². The third kappa shape index (κ3) is 1.90. The number of Topliss-reactive ketones (excluding diaryl/α,β-unsaturated/α-hetero) is 1. The summed E-state index contributed by atoms with van der Waals surface area (Å²) in [6.45, 7) is 0. The van der Waals surface area contributed by atoms with Crippen molar-refractivity contribution in [2.75, 3.05) is 14.2 Å². The molecular weight excluding hydrogens is 184 g/mol. The fraction of sp³-hybridized carbons (Fsp3) is 0.200. The zero-order valence-electron chi connectivity index (χ0n) is 7.94. The summed E-state index contributed by atoms with van der Waals surface area (Å²) in [6, 6.07) is 4.56. The molecule has 0 aliphatic carbocycles. The molecule has 1 rings (SSSR count). The van der Waals surface area contributed by atoms with Gasteiger partial charge in [0, 0.05) is 5.56 Å². The quantitative estimate of drug-likeness (QED) is 0.409. The Hall–Kier alpha value is -1.84. The lowest BCUT2D eigenvalue weighted by atomic mass is 10.1. The molecule has 0 atom stereocenters. The van der Waals surface area contributed by atoms with Crippen LogP contribution < -0.4 is 9.47 Å². The van der Waals surface area contributed by atoms with Crippen LogP contribution in [0.2, 0.25) is 0 Å². The first-order chi connectivity index (χ1) is 6.72. The second-order valence-electron chi connectivity index (χ2n) is 2.55. The number of carbonyl (C=O) groups is 2. The summed E-state index contributed by atoms with van der Waals surface area (Å²) in [5.41, 5.74) is 0.289. The van der Waals surface area contributed by atoms with Crippen LogP contribution in [0.5, 0.6) is 11.5 Å². The molecule has 0 unspecified atom stereocenters. The van der Waals surface area contributed by atoms with Gasteiger partial charge in [0.15, 0.2) is 17.8 Å². The predicted molar refractivity (Wildman–Crippen MR) is 49.9 cm³/mol. The summed E-state index contributed by atoms with van der Waals surface area (Å²) in [7, 11) is 2.96. The minimum atomic E-state index is -0.578. The molecule has 0 aliphatic heterocycles. The second kappa shape index (κ2) is 4.41. The van der Waals surface area contributed by atoms with E-state index in [0.717, 1.165) is 0 Å². The Morgan fingerprint density at radius 2 is 1.86 bits per heavy atom. The molecule has 0 amide bonds. The minimum Gasteiger partial charge on any atom is -0.493 e. The van der Waals surface area contributed by atoms with E-state index in [2.05, 4.69) is 0 Å². The maximum atomic E-state index is 11.0. The molecule has 0 aromatic heterocycles. The molecule has 1 aromatic carbocycles. The van der Waals surface area contributed by atoms with Crippen LogP contribution in [0, 0.1) is 0 Å². The Balaban J connectivity index is 3.13. The number of hydrogen-bond donors (Lipinski definition) is 0. The summed E-state index contributed by atoms with van der Waals surface area (Å²) in [5, 5.41) is 0. The van der Waals surface area contributed by atoms with Gasteiger partial charge in [-0.15, -0.1) is 0 Å². The number of carbonyl (C=O) groups excluding carboxylic acids is 2. The Kier molecular flexibility index (Phi) is 3.23. The van der Waals surface area contributed by atoms with Crippen molar-refractivity contribution in [3.05, 3.63) is 23.8 Å². The summed E-state index contributed by atoms with van der Waals surface area (Å²) in [6.07, 6.45) is 0.265. The van der Waals surface area contributed by atoms with Crippen LogP contribution in [0.3, 0.4) is 0 Å². The lowest BCUT2D eigenvalue weighted by molar-refractivity contribution is -0.104. The first kappa shape index (κ1) is 10.2. The zero-order valence-corrected chi connectivity index (χ0v) is 7.94. The maximum Gasteiger partial charge on any atom is 0.225 e. The first-order valence-electron chi connectivity index (χ1n) is 3.94. The van der Waals surface area contributed by atoms with Crippen molar-refractivity contribution in [2.45, 2.75) is 0 Å². The molecule has 4 nitrogen and oxygen atoms in total. The summed E-state index contributed by atoms with van der Waals surface area (Å²) in [4.78, 5) is 21.3. The van der Waals surface area contributed by atoms with E-state index in [1.54, 1.807) is 6.07 Å². The second-order valence-corrected chi connectivity index (χ2v) is 2.55. The molecule has 0 N–H and O–H groups in total. The van der Waals surface area contributed by atoms with Crippen LogP contribution in [-0.4, -0.2) is 26.3 Å². The predicted octanol–water partition coefficient (Wildman–Crippen LogP) is 1.09. The van der Waals surface area contributed by atoms with Gasteiger partial charge in [-0.2, -0.15) is 0 Å². The van der Waals surface area contributed by atoms with Crippen molar-refractivity contribution in [3.8, 4) is 11.5 Å². The molecule has 74 valence electrons. The highest BCUT2D eigenvalue weighted by molar-refractivity contribution is 6.33. The summed E-state index contributed by atoms with van der Waals surface area (Å²) < 4.78 is 9.96. The molecule has 4 heteroatoms. The Morgan fingerprint density at radius 3 is 2.36 bits per heavy atom. The van der Waals surface area contributed by atoms with E-state index in [0.29, 0.717) is 11.5 Å². The van der Waals surface area contributed by atoms with Gasteiger partial charge in [-0.05, 0) is 18.2 Å². The van der Waals surface area contributed by atoms with Gasteiger partial charge < -0.3 is 9.47 Å². The minimum absolute atomic E-state index is 0.265. The molecule has 0 heterocycles. The van der Waals surface area contributed by atoms with Gasteiger partial charge in [0.2, 0.25) is 5.78 Å². The lowest BCUT2D eigenvalue weighted by Crippen LogP contribution is -2.00. The van der Waals surface area contributed by atoms with E-state index in [4.69, 9.17) is 9.47 Å². The number of hydrogen-bond acceptors (Lipinski definition) is 4. The molecule has 0 saturated heterocycles. The zero-order chi connectivity index (χ0) is 10.6. The Bertz CT molecular complexity index is 357. The SMILES string of the molecule is COc1ccc(C(=O)C=O)cc1OC. The Labute approximate surface area is 81.4 Å². The van der Waals surface area contributed by atoms with Crippen molar-refractivity contribution < 1.29 is 19.1 Å². The average Bonchev–Trinajstić information content (AvgIpc) is 2.26. The van der Waals surface area contributed by atoms with Gasteiger partial charge >= 0.3 is 0 Å². The smallest absolute Gasteiger partial charge is 0.225 e. The first-order valence-corrected chi connectivity index (χ1v) is 3.94. The molecular formula is C10H10O4. The van der Waals surface area contributed by atoms with Gasteiger partial charge in [-0.25, -0.2) is 0 Å². The normalized spacial score (nSPS) is 9.29. The summed E-state index contributed by atoms with van der Waals surface area (Å²) in [5.74, 6) is 0.376. The van der Waals surface area contributed by atoms with Crippen LogP contribution in [0.15, 0.2) is 18.2 Å². The monoisotopic (exact) mass is 194 g/mol. The van der Waals surface area contributed by atoms with E-state index < -0.39 is 5.78 Å². The third-order valence-corrected chi connectivity index (χ3v) is 1.78. The third-order valence-electron chi connectivity index (χ3n) is 1.78. The van der Waals surface area contributed by atoms with Crippen LogP contribution in [-0.2, 0) is 4.79 Å². The van der Waals surface area contributed by atoms with E-state index in [9.17, 15) is 9.59 Å². The van der Waals surface area contributed by atoms with Crippen LogP contribution in [0.25, 0.3) is 0 Å². The number of aldehydes is 1. The molecule has 0 spiro atoms. The Morgan fingerprint density at radius 1 is 1.21 bits per heavy atom. The highest BCUT2D eigenvalue weighted by Gasteiger charge is 2.09. The number of benzene rings is 1. The average molecular weight is 194 g/mol. The van der Waals surface area contributed by atoms with E-state index >= 15 is 0 Å². The fourth-order valence-corrected chi connectivity index (χ4v) is 1.06. The number of rotatable bonds is 4. The van der Waals surface area contributed by atoms with Crippen molar-refractivity contribution in [1.82, 2.24) is 0 Å². The van der Waals surface area contributed by atoms with Crippen LogP contribution >= 0.6 is 0 Å². The number of ether oxygens (including phenoxy) is 2. The molecule has 0 aliphatic rings. The molecule has 0 saturated carbocycles. The molecule has 1 aromatic rings. The van der Waals surface area contributed by atoms with Gasteiger partial charge in [-0.3, -0.25) is 9.59 Å². The highest BCUT2D eigenvalue weighted by Crippen LogP contribution is 2.27. The standard InChI is InChI=1S/C10H10O4/c1-13-9-4-3-7(8(12)6-11)5-10(9)14-2/h3-6H,1-2H3. The van der Waals surface area contributed by atoms with Gasteiger partial charge in [0.1, 0.15) is 0 Å². The van der Waals surface area contributed by atoms with E-state index in [-0.39, 0.29) is 11.8 Å². The number of methoxy groups -OCH3 is 2. The topological polar surface area (TPSA) is 52.6 Å². The summed E-state index contributed by atoms with van der Waals surface area (Å²) >= 11 is 0. The molecule has 14 heavy (non-hydrogen) atoms. The van der Waals surface area contributed by atoms with Gasteiger partial charge in [0.05, 0.1) is 14.2 Å². The van der Waals surface area contributed by atoms with E-state index in [1.807, 2.05) is 0 Å². The van der Waals surface area contributed by atoms with Gasteiger partial charge in [-0.1, -0.05) is 0 Å². The van der Waals surface area contributed by atoms with Crippen molar-refractivity contribution in [1.29, 1.82) is 0 Å². The molecule has 0 bridgehead atoms.